The molecule has 0 unspecified atom stereocenters. The molecule has 2 aromatic carbocycles. The average molecular weight is 490 g/mol. The number of methoxy groups -OCH3 is 1. The van der Waals surface area contributed by atoms with Crippen LogP contribution in [0.5, 0.6) is 5.75 Å². The van der Waals surface area contributed by atoms with Crippen molar-refractivity contribution in [2.24, 2.45) is 0 Å². The fraction of sp³-hybridized carbons (Fsp3) is 0.375. The second-order valence-corrected chi connectivity index (χ2v) is 7.94. The molecule has 1 aliphatic heterocycles. The summed E-state index contributed by atoms with van der Waals surface area (Å²) in [5.41, 5.74) is 1.02. The Morgan fingerprint density at radius 3 is 2.71 bits per heavy atom. The first-order chi connectivity index (χ1) is 16.1. The van der Waals surface area contributed by atoms with Crippen LogP contribution in [0.15, 0.2) is 46.9 Å². The molecule has 1 amide bonds. The number of piperidine rings is 1. The van der Waals surface area contributed by atoms with Crippen molar-refractivity contribution in [1.82, 2.24) is 15.1 Å². The molecule has 0 spiro atoms. The number of carbonyl (C=O) groups excluding carboxylic acids is 1. The van der Waals surface area contributed by atoms with Crippen LogP contribution in [0, 0.1) is 5.82 Å². The van der Waals surface area contributed by atoms with E-state index in [0.717, 1.165) is 19.5 Å². The molecule has 182 valence electrons. The highest BCUT2D eigenvalue weighted by Crippen LogP contribution is 2.32. The van der Waals surface area contributed by atoms with E-state index in [4.69, 9.17) is 9.15 Å². The van der Waals surface area contributed by atoms with Crippen LogP contribution in [0.25, 0.3) is 11.5 Å². The number of hydrogen-bond acceptors (Lipinski definition) is 7. The van der Waals surface area contributed by atoms with Gasteiger partial charge in [-0.25, -0.2) is 4.39 Å². The van der Waals surface area contributed by atoms with Crippen LogP contribution >= 0.6 is 12.4 Å². The number of rotatable bonds is 9. The molecule has 10 heteroatoms. The lowest BCUT2D eigenvalue weighted by Gasteiger charge is -2.26. The Labute approximate surface area is 204 Å². The molecule has 0 atom stereocenters. The lowest BCUT2D eigenvalue weighted by atomic mass is 10.1. The smallest absolute Gasteiger partial charge is 0.315 e. The van der Waals surface area contributed by atoms with Gasteiger partial charge in [-0.2, -0.15) is 0 Å². The quantitative estimate of drug-likeness (QED) is 0.415. The van der Waals surface area contributed by atoms with Crippen molar-refractivity contribution in [2.45, 2.75) is 25.7 Å². The molecule has 4 rings (SSSR count). The maximum absolute atomic E-state index is 13.9. The van der Waals surface area contributed by atoms with Gasteiger partial charge in [0, 0.05) is 18.3 Å². The zero-order chi connectivity index (χ0) is 23.0. The van der Waals surface area contributed by atoms with Gasteiger partial charge in [0.05, 0.1) is 18.2 Å². The Hall–Kier alpha value is -3.17. The molecule has 1 fully saturated rings. The van der Waals surface area contributed by atoms with Crippen molar-refractivity contribution in [3.8, 4) is 17.2 Å². The first-order valence-corrected chi connectivity index (χ1v) is 11.2. The van der Waals surface area contributed by atoms with Gasteiger partial charge in [0.25, 0.3) is 11.8 Å². The molecule has 2 heterocycles. The minimum absolute atomic E-state index is 0. The number of benzene rings is 2. The first kappa shape index (κ1) is 25.5. The Morgan fingerprint density at radius 1 is 1.15 bits per heavy atom. The molecule has 3 aromatic rings. The third kappa shape index (κ3) is 6.45. The number of aromatic nitrogens is 2. The molecule has 8 nitrogen and oxygen atoms in total. The van der Waals surface area contributed by atoms with Crippen molar-refractivity contribution in [1.29, 1.82) is 0 Å². The van der Waals surface area contributed by atoms with Crippen LogP contribution in [0.4, 0.5) is 16.1 Å². The summed E-state index contributed by atoms with van der Waals surface area (Å²) in [5.74, 6) is -0.379. The predicted molar refractivity (Wildman–Crippen MR) is 131 cm³/mol. The molecule has 1 aromatic heterocycles. The van der Waals surface area contributed by atoms with E-state index in [1.807, 2.05) is 0 Å². The van der Waals surface area contributed by atoms with E-state index in [2.05, 4.69) is 25.7 Å². The van der Waals surface area contributed by atoms with E-state index in [9.17, 15) is 9.18 Å². The number of ether oxygens (including phenoxy) is 1. The highest BCUT2D eigenvalue weighted by atomic mass is 35.5. The van der Waals surface area contributed by atoms with Crippen LogP contribution in [-0.4, -0.2) is 54.3 Å². The number of anilines is 2. The number of nitrogens with one attached hydrogen (secondary N) is 2. The molecule has 1 saturated heterocycles. The summed E-state index contributed by atoms with van der Waals surface area (Å²) in [5, 5.41) is 14.0. The minimum atomic E-state index is -0.583. The van der Waals surface area contributed by atoms with E-state index in [1.54, 1.807) is 24.3 Å². The Morgan fingerprint density at radius 2 is 1.94 bits per heavy atom. The maximum atomic E-state index is 13.9. The summed E-state index contributed by atoms with van der Waals surface area (Å²) in [4.78, 5) is 14.9. The molecule has 0 radical (unpaired) electrons. The normalized spacial score (nSPS) is 13.7. The minimum Gasteiger partial charge on any atom is -0.496 e. The number of nitrogens with zero attached hydrogens (tertiary/aromatic N) is 3. The van der Waals surface area contributed by atoms with Gasteiger partial charge in [-0.1, -0.05) is 23.7 Å². The van der Waals surface area contributed by atoms with E-state index >= 15 is 0 Å². The van der Waals surface area contributed by atoms with E-state index in [1.165, 1.54) is 57.7 Å². The molecule has 0 bridgehead atoms. The third-order valence-corrected chi connectivity index (χ3v) is 5.61. The summed E-state index contributed by atoms with van der Waals surface area (Å²) in [6, 6.07) is 11.2. The van der Waals surface area contributed by atoms with E-state index in [-0.39, 0.29) is 18.0 Å². The highest BCUT2D eigenvalue weighted by Gasteiger charge is 2.17. The van der Waals surface area contributed by atoms with Crippen molar-refractivity contribution in [3.63, 3.8) is 0 Å². The summed E-state index contributed by atoms with van der Waals surface area (Å²) < 4.78 is 25.1. The van der Waals surface area contributed by atoms with Crippen molar-refractivity contribution < 1.29 is 18.3 Å². The highest BCUT2D eigenvalue weighted by molar-refractivity contribution is 6.04. The second kappa shape index (κ2) is 12.3. The van der Waals surface area contributed by atoms with Gasteiger partial charge in [0.1, 0.15) is 11.6 Å². The Kier molecular flexibility index (Phi) is 9.24. The standard InChI is InChI=1S/C24H28FN5O3.ClH/c1-32-21-16-17(27-22(31)18-8-3-4-9-20(18)25)10-11-19(21)23-28-29-24(33-23)26-12-7-15-30-13-5-2-6-14-30;/h3-4,8-11,16H,2,5-7,12-15H2,1H3,(H,26,29)(H,27,31);1H. The zero-order valence-corrected chi connectivity index (χ0v) is 19.9. The number of amides is 1. The van der Waals surface area contributed by atoms with Crippen LogP contribution in [-0.2, 0) is 0 Å². The van der Waals surface area contributed by atoms with Gasteiger partial charge in [0.15, 0.2) is 0 Å². The van der Waals surface area contributed by atoms with Crippen LogP contribution in [0.1, 0.15) is 36.0 Å². The van der Waals surface area contributed by atoms with Gasteiger partial charge in [-0.05, 0) is 63.2 Å². The monoisotopic (exact) mass is 489 g/mol. The van der Waals surface area contributed by atoms with Crippen molar-refractivity contribution in [3.05, 3.63) is 53.8 Å². The number of halogens is 2. The fourth-order valence-electron chi connectivity index (χ4n) is 3.87. The Balaban J connectivity index is 0.00000324. The topological polar surface area (TPSA) is 92.5 Å². The number of carbonyl (C=O) groups is 1. The van der Waals surface area contributed by atoms with E-state index in [0.29, 0.717) is 28.9 Å². The van der Waals surface area contributed by atoms with Crippen LogP contribution in [0.3, 0.4) is 0 Å². The van der Waals surface area contributed by atoms with Gasteiger partial charge in [-0.15, -0.1) is 17.5 Å². The number of hydrogen-bond donors (Lipinski definition) is 2. The maximum Gasteiger partial charge on any atom is 0.315 e. The zero-order valence-electron chi connectivity index (χ0n) is 19.1. The van der Waals surface area contributed by atoms with Crippen LogP contribution < -0.4 is 15.4 Å². The lowest BCUT2D eigenvalue weighted by Crippen LogP contribution is -2.31. The van der Waals surface area contributed by atoms with Gasteiger partial charge in [-0.3, -0.25) is 4.79 Å². The number of likely N-dealkylation sites (tertiary alicyclic amines) is 1. The lowest BCUT2D eigenvalue weighted by molar-refractivity contribution is 0.102. The molecule has 1 aliphatic rings. The second-order valence-electron chi connectivity index (χ2n) is 7.94. The SMILES string of the molecule is COc1cc(NC(=O)c2ccccc2F)ccc1-c1nnc(NCCCN2CCCCC2)o1.Cl. The third-order valence-electron chi connectivity index (χ3n) is 5.61. The van der Waals surface area contributed by atoms with E-state index < -0.39 is 11.7 Å². The summed E-state index contributed by atoms with van der Waals surface area (Å²) >= 11 is 0. The van der Waals surface area contributed by atoms with Gasteiger partial charge >= 0.3 is 6.01 Å². The first-order valence-electron chi connectivity index (χ1n) is 11.2. The fourth-order valence-corrected chi connectivity index (χ4v) is 3.87. The van der Waals surface area contributed by atoms with Crippen LogP contribution in [0.2, 0.25) is 0 Å². The van der Waals surface area contributed by atoms with Crippen molar-refractivity contribution in [2.75, 3.05) is 43.9 Å². The summed E-state index contributed by atoms with van der Waals surface area (Å²) in [6.07, 6.45) is 4.90. The largest absolute Gasteiger partial charge is 0.496 e. The van der Waals surface area contributed by atoms with Gasteiger partial charge in [0.2, 0.25) is 0 Å². The predicted octanol–water partition coefficient (Wildman–Crippen LogP) is 4.85. The molecule has 0 aliphatic carbocycles. The van der Waals surface area contributed by atoms with Crippen molar-refractivity contribution >= 4 is 30.0 Å². The Bertz CT molecular complexity index is 1090. The summed E-state index contributed by atoms with van der Waals surface area (Å²) in [7, 11) is 1.51. The molecule has 34 heavy (non-hydrogen) atoms. The average Bonchev–Trinajstić information content (AvgIpc) is 3.31. The molecule has 2 N–H and O–H groups in total. The molecular weight excluding hydrogens is 461 g/mol. The molecule has 0 saturated carbocycles. The summed E-state index contributed by atoms with van der Waals surface area (Å²) in [6.45, 7) is 4.17. The molecular formula is C24H29ClFN5O3. The van der Waals surface area contributed by atoms with Gasteiger partial charge < -0.3 is 24.7 Å².